The highest BCUT2D eigenvalue weighted by molar-refractivity contribution is 6.45. The minimum atomic E-state index is -0.565. The molecule has 0 aliphatic carbocycles. The Morgan fingerprint density at radius 3 is 2.65 bits per heavy atom. The molecule has 2 aromatic rings. The van der Waals surface area contributed by atoms with E-state index >= 15 is 0 Å². The third kappa shape index (κ3) is 2.20. The second-order valence-electron chi connectivity index (χ2n) is 4.21. The lowest BCUT2D eigenvalue weighted by Crippen LogP contribution is -2.35. The van der Waals surface area contributed by atoms with E-state index in [9.17, 15) is 9.59 Å². The fourth-order valence-corrected chi connectivity index (χ4v) is 1.71. The van der Waals surface area contributed by atoms with Crippen LogP contribution in [-0.2, 0) is 4.79 Å². The molecule has 1 heterocycles. The molecule has 4 heteroatoms. The van der Waals surface area contributed by atoms with E-state index in [1.807, 2.05) is 38.1 Å². The summed E-state index contributed by atoms with van der Waals surface area (Å²) in [7, 11) is 0. The molecule has 2 rings (SSSR count). The number of Topliss-reactive ketones (excluding diaryl/α,β-unsaturated/α-hetero) is 1. The number of rotatable bonds is 3. The van der Waals surface area contributed by atoms with Gasteiger partial charge in [-0.05, 0) is 19.9 Å². The first kappa shape index (κ1) is 11.4. The molecule has 4 nitrogen and oxygen atoms in total. The van der Waals surface area contributed by atoms with Crippen LogP contribution in [0, 0.1) is 0 Å². The smallest absolute Gasteiger partial charge is 0.292 e. The van der Waals surface area contributed by atoms with Gasteiger partial charge < -0.3 is 10.3 Å². The van der Waals surface area contributed by atoms with Crippen LogP contribution in [0.2, 0.25) is 0 Å². The predicted octanol–water partition coefficient (Wildman–Crippen LogP) is 1.88. The maximum absolute atomic E-state index is 11.9. The summed E-state index contributed by atoms with van der Waals surface area (Å²) in [5.74, 6) is -1.07. The third-order valence-electron chi connectivity index (χ3n) is 2.46. The number of hydrogen-bond donors (Lipinski definition) is 2. The molecule has 0 bridgehead atoms. The quantitative estimate of drug-likeness (QED) is 0.624. The van der Waals surface area contributed by atoms with Crippen molar-refractivity contribution < 1.29 is 9.59 Å². The molecule has 2 N–H and O–H groups in total. The largest absolute Gasteiger partial charge is 0.360 e. The number of para-hydroxylation sites is 1. The number of amides is 1. The molecule has 1 amide bonds. The Morgan fingerprint density at radius 2 is 1.94 bits per heavy atom. The van der Waals surface area contributed by atoms with Crippen LogP contribution < -0.4 is 5.32 Å². The van der Waals surface area contributed by atoms with Crippen molar-refractivity contribution in [3.63, 3.8) is 0 Å². The minimum Gasteiger partial charge on any atom is -0.360 e. The van der Waals surface area contributed by atoms with Gasteiger partial charge in [-0.25, -0.2) is 0 Å². The van der Waals surface area contributed by atoms with Gasteiger partial charge >= 0.3 is 0 Å². The van der Waals surface area contributed by atoms with Gasteiger partial charge in [-0.3, -0.25) is 9.59 Å². The zero-order valence-corrected chi connectivity index (χ0v) is 9.78. The number of carbonyl (C=O) groups is 2. The number of aromatic nitrogens is 1. The van der Waals surface area contributed by atoms with Gasteiger partial charge in [0.05, 0.1) is 5.56 Å². The first-order valence-corrected chi connectivity index (χ1v) is 5.51. The highest BCUT2D eigenvalue weighted by Gasteiger charge is 2.19. The standard InChI is InChI=1S/C13H14N2O2/c1-8(2)15-13(17)12(16)10-7-14-11-6-4-3-5-9(10)11/h3-8,14H,1-2H3,(H,15,17). The topological polar surface area (TPSA) is 62.0 Å². The summed E-state index contributed by atoms with van der Waals surface area (Å²) < 4.78 is 0. The fourth-order valence-electron chi connectivity index (χ4n) is 1.71. The van der Waals surface area contributed by atoms with Crippen LogP contribution in [0.1, 0.15) is 24.2 Å². The normalized spacial score (nSPS) is 10.8. The maximum atomic E-state index is 11.9. The van der Waals surface area contributed by atoms with Crippen molar-refractivity contribution in [1.82, 2.24) is 10.3 Å². The summed E-state index contributed by atoms with van der Waals surface area (Å²) in [4.78, 5) is 26.5. The van der Waals surface area contributed by atoms with Gasteiger partial charge in [-0.2, -0.15) is 0 Å². The third-order valence-corrected chi connectivity index (χ3v) is 2.46. The summed E-state index contributed by atoms with van der Waals surface area (Å²) in [5.41, 5.74) is 1.27. The van der Waals surface area contributed by atoms with E-state index in [4.69, 9.17) is 0 Å². The van der Waals surface area contributed by atoms with E-state index in [2.05, 4.69) is 10.3 Å². The van der Waals surface area contributed by atoms with Crippen LogP contribution in [0.4, 0.5) is 0 Å². The Hall–Kier alpha value is -2.10. The first-order chi connectivity index (χ1) is 8.09. The van der Waals surface area contributed by atoms with E-state index in [0.717, 1.165) is 10.9 Å². The molecule has 0 saturated carbocycles. The molecule has 0 spiro atoms. The summed E-state index contributed by atoms with van der Waals surface area (Å²) in [6.45, 7) is 3.64. The van der Waals surface area contributed by atoms with Crippen LogP contribution in [0.3, 0.4) is 0 Å². The Kier molecular flexibility index (Phi) is 2.95. The Balaban J connectivity index is 2.34. The second-order valence-corrected chi connectivity index (χ2v) is 4.21. The van der Waals surface area contributed by atoms with Crippen molar-refractivity contribution in [2.45, 2.75) is 19.9 Å². The van der Waals surface area contributed by atoms with Crippen LogP contribution in [0.25, 0.3) is 10.9 Å². The second kappa shape index (κ2) is 4.41. The molecule has 0 saturated heterocycles. The highest BCUT2D eigenvalue weighted by atomic mass is 16.2. The number of nitrogens with one attached hydrogen (secondary N) is 2. The molecule has 0 aliphatic rings. The SMILES string of the molecule is CC(C)NC(=O)C(=O)c1c[nH]c2ccccc12. The molecule has 1 aromatic carbocycles. The molecular weight excluding hydrogens is 216 g/mol. The van der Waals surface area contributed by atoms with E-state index in [-0.39, 0.29) is 6.04 Å². The molecule has 0 radical (unpaired) electrons. The van der Waals surface area contributed by atoms with E-state index in [1.54, 1.807) is 6.20 Å². The van der Waals surface area contributed by atoms with Gasteiger partial charge in [0.1, 0.15) is 0 Å². The molecule has 88 valence electrons. The molecule has 1 aromatic heterocycles. The average Bonchev–Trinajstić information content (AvgIpc) is 2.70. The summed E-state index contributed by atoms with van der Waals surface area (Å²) in [5, 5.41) is 3.37. The molecule has 17 heavy (non-hydrogen) atoms. The summed E-state index contributed by atoms with van der Waals surface area (Å²) in [6.07, 6.45) is 1.58. The van der Waals surface area contributed by atoms with Gasteiger partial charge in [0, 0.05) is 23.1 Å². The molecule has 0 fully saturated rings. The number of ketones is 1. The number of aromatic amines is 1. The lowest BCUT2D eigenvalue weighted by molar-refractivity contribution is -0.117. The number of H-pyrrole nitrogens is 1. The molecule has 0 unspecified atom stereocenters. The lowest BCUT2D eigenvalue weighted by atomic mass is 10.1. The zero-order chi connectivity index (χ0) is 12.4. The van der Waals surface area contributed by atoms with Crippen LogP contribution in [0.15, 0.2) is 30.5 Å². The van der Waals surface area contributed by atoms with Crippen molar-refractivity contribution >= 4 is 22.6 Å². The first-order valence-electron chi connectivity index (χ1n) is 5.51. The fraction of sp³-hybridized carbons (Fsp3) is 0.231. The van der Waals surface area contributed by atoms with Gasteiger partial charge in [0.15, 0.2) is 0 Å². The highest BCUT2D eigenvalue weighted by Crippen LogP contribution is 2.18. The Bertz CT molecular complexity index is 570. The monoisotopic (exact) mass is 230 g/mol. The zero-order valence-electron chi connectivity index (χ0n) is 9.78. The van der Waals surface area contributed by atoms with E-state index < -0.39 is 11.7 Å². The predicted molar refractivity (Wildman–Crippen MR) is 65.9 cm³/mol. The van der Waals surface area contributed by atoms with Crippen LogP contribution >= 0.6 is 0 Å². The lowest BCUT2D eigenvalue weighted by Gasteiger charge is -2.06. The van der Waals surface area contributed by atoms with E-state index in [1.165, 1.54) is 0 Å². The van der Waals surface area contributed by atoms with Crippen molar-refractivity contribution in [2.75, 3.05) is 0 Å². The Labute approximate surface area is 99.0 Å². The molecular formula is C13H14N2O2. The van der Waals surface area contributed by atoms with Gasteiger partial charge in [0.2, 0.25) is 0 Å². The van der Waals surface area contributed by atoms with Crippen molar-refractivity contribution in [1.29, 1.82) is 0 Å². The Morgan fingerprint density at radius 1 is 1.24 bits per heavy atom. The summed E-state index contributed by atoms with van der Waals surface area (Å²) >= 11 is 0. The van der Waals surface area contributed by atoms with Gasteiger partial charge in [0.25, 0.3) is 11.7 Å². The van der Waals surface area contributed by atoms with E-state index in [0.29, 0.717) is 5.56 Å². The van der Waals surface area contributed by atoms with Crippen molar-refractivity contribution in [2.24, 2.45) is 0 Å². The average molecular weight is 230 g/mol. The van der Waals surface area contributed by atoms with Crippen molar-refractivity contribution in [3.05, 3.63) is 36.0 Å². The number of fused-ring (bicyclic) bond motifs is 1. The number of hydrogen-bond acceptors (Lipinski definition) is 2. The molecule has 0 aliphatic heterocycles. The van der Waals surface area contributed by atoms with Crippen LogP contribution in [-0.4, -0.2) is 22.7 Å². The number of benzene rings is 1. The van der Waals surface area contributed by atoms with Gasteiger partial charge in [-0.1, -0.05) is 18.2 Å². The molecule has 0 atom stereocenters. The van der Waals surface area contributed by atoms with Gasteiger partial charge in [-0.15, -0.1) is 0 Å². The summed E-state index contributed by atoms with van der Waals surface area (Å²) in [6, 6.07) is 7.36. The van der Waals surface area contributed by atoms with Crippen LogP contribution in [0.5, 0.6) is 0 Å². The minimum absolute atomic E-state index is 0.0448. The van der Waals surface area contributed by atoms with Crippen molar-refractivity contribution in [3.8, 4) is 0 Å². The maximum Gasteiger partial charge on any atom is 0.292 e. The number of carbonyl (C=O) groups excluding carboxylic acids is 2.